The van der Waals surface area contributed by atoms with Crippen molar-refractivity contribution < 1.29 is 4.74 Å². The fourth-order valence-corrected chi connectivity index (χ4v) is 3.23. The lowest BCUT2D eigenvalue weighted by atomic mass is 9.71. The Labute approximate surface area is 114 Å². The van der Waals surface area contributed by atoms with Crippen LogP contribution in [0.5, 0.6) is 5.88 Å². The number of nitrogens with one attached hydrogen (secondary N) is 1. The van der Waals surface area contributed by atoms with Crippen molar-refractivity contribution in [2.75, 3.05) is 0 Å². The molecule has 0 bridgehead atoms. The Morgan fingerprint density at radius 2 is 2.21 bits per heavy atom. The van der Waals surface area contributed by atoms with E-state index in [0.29, 0.717) is 29.5 Å². The van der Waals surface area contributed by atoms with Crippen LogP contribution in [0, 0.1) is 11.3 Å². The van der Waals surface area contributed by atoms with E-state index in [2.05, 4.69) is 30.7 Å². The summed E-state index contributed by atoms with van der Waals surface area (Å²) in [5, 5.41) is 0. The predicted molar refractivity (Wildman–Crippen MR) is 75.4 cm³/mol. The number of aromatic nitrogens is 2. The van der Waals surface area contributed by atoms with Crippen molar-refractivity contribution in [2.24, 2.45) is 11.3 Å². The van der Waals surface area contributed by atoms with Gasteiger partial charge in [0.2, 0.25) is 5.88 Å². The summed E-state index contributed by atoms with van der Waals surface area (Å²) in [6, 6.07) is 1.45. The van der Waals surface area contributed by atoms with Crippen LogP contribution in [0.25, 0.3) is 0 Å². The molecule has 1 aliphatic carbocycles. The van der Waals surface area contributed by atoms with Crippen LogP contribution in [0.2, 0.25) is 0 Å². The van der Waals surface area contributed by atoms with E-state index in [9.17, 15) is 4.79 Å². The highest BCUT2D eigenvalue weighted by Crippen LogP contribution is 2.39. The summed E-state index contributed by atoms with van der Waals surface area (Å²) >= 11 is 0. The number of ether oxygens (including phenoxy) is 1. The molecule has 1 N–H and O–H groups in total. The molecule has 4 nitrogen and oxygen atoms in total. The van der Waals surface area contributed by atoms with E-state index in [1.165, 1.54) is 12.5 Å². The van der Waals surface area contributed by atoms with Gasteiger partial charge in [-0.3, -0.25) is 4.79 Å². The first-order valence-electron chi connectivity index (χ1n) is 7.15. The minimum Gasteiger partial charge on any atom is -0.474 e. The Balaban J connectivity index is 2.12. The standard InChI is InChI=1S/C15H24N2O2/c1-5-12-16-13(18)7-14(17-12)19-11-6-10(2)8-15(3,4)9-11/h7,10-11H,5-6,8-9H2,1-4H3,(H,16,17,18). The molecule has 0 radical (unpaired) electrons. The van der Waals surface area contributed by atoms with Crippen LogP contribution in [0.1, 0.15) is 52.8 Å². The Bertz CT molecular complexity index is 493. The lowest BCUT2D eigenvalue weighted by Gasteiger charge is -2.38. The van der Waals surface area contributed by atoms with Crippen molar-refractivity contribution in [3.05, 3.63) is 22.2 Å². The lowest BCUT2D eigenvalue weighted by Crippen LogP contribution is -2.34. The van der Waals surface area contributed by atoms with Gasteiger partial charge in [-0.05, 0) is 30.6 Å². The van der Waals surface area contributed by atoms with Crippen LogP contribution in [0.4, 0.5) is 0 Å². The average Bonchev–Trinajstić information content (AvgIpc) is 2.24. The smallest absolute Gasteiger partial charge is 0.254 e. The zero-order valence-corrected chi connectivity index (χ0v) is 12.3. The fourth-order valence-electron chi connectivity index (χ4n) is 3.23. The van der Waals surface area contributed by atoms with Gasteiger partial charge in [0.1, 0.15) is 11.9 Å². The van der Waals surface area contributed by atoms with E-state index in [0.717, 1.165) is 12.8 Å². The summed E-state index contributed by atoms with van der Waals surface area (Å²) in [7, 11) is 0. The van der Waals surface area contributed by atoms with Crippen molar-refractivity contribution >= 4 is 0 Å². The lowest BCUT2D eigenvalue weighted by molar-refractivity contribution is 0.0529. The van der Waals surface area contributed by atoms with Gasteiger partial charge in [0.15, 0.2) is 0 Å². The molecule has 1 saturated carbocycles. The summed E-state index contributed by atoms with van der Waals surface area (Å²) in [5.41, 5.74) is 0.168. The van der Waals surface area contributed by atoms with Crippen LogP contribution in [-0.4, -0.2) is 16.1 Å². The van der Waals surface area contributed by atoms with E-state index in [1.54, 1.807) is 0 Å². The predicted octanol–water partition coefficient (Wildman–Crippen LogP) is 2.93. The molecule has 1 fully saturated rings. The number of hydrogen-bond donors (Lipinski definition) is 1. The third-order valence-electron chi connectivity index (χ3n) is 3.74. The molecular formula is C15H24N2O2. The van der Waals surface area contributed by atoms with Crippen LogP contribution in [-0.2, 0) is 6.42 Å². The summed E-state index contributed by atoms with van der Waals surface area (Å²) < 4.78 is 5.95. The first-order valence-corrected chi connectivity index (χ1v) is 7.15. The number of nitrogens with zero attached hydrogens (tertiary/aromatic N) is 1. The minimum atomic E-state index is -0.134. The molecule has 1 aliphatic rings. The Morgan fingerprint density at radius 3 is 2.84 bits per heavy atom. The Hall–Kier alpha value is -1.32. The average molecular weight is 264 g/mol. The molecule has 1 aromatic rings. The molecular weight excluding hydrogens is 240 g/mol. The maximum atomic E-state index is 11.5. The molecule has 0 saturated heterocycles. The van der Waals surface area contributed by atoms with Crippen molar-refractivity contribution in [1.82, 2.24) is 9.97 Å². The first-order chi connectivity index (χ1) is 8.88. The Kier molecular flexibility index (Phi) is 3.97. The molecule has 1 heterocycles. The first kappa shape index (κ1) is 14.1. The van der Waals surface area contributed by atoms with E-state index in [4.69, 9.17) is 4.74 Å². The number of aryl methyl sites for hydroxylation is 1. The fraction of sp³-hybridized carbons (Fsp3) is 0.733. The molecule has 2 atom stereocenters. The van der Waals surface area contributed by atoms with Gasteiger partial charge in [-0.2, -0.15) is 0 Å². The normalized spacial score (nSPS) is 26.1. The summed E-state index contributed by atoms with van der Waals surface area (Å²) in [4.78, 5) is 18.6. The SMILES string of the molecule is CCc1nc(OC2CC(C)CC(C)(C)C2)cc(=O)[nH]1. The van der Waals surface area contributed by atoms with Gasteiger partial charge >= 0.3 is 0 Å². The van der Waals surface area contributed by atoms with Gasteiger partial charge in [0.05, 0.1) is 6.07 Å². The van der Waals surface area contributed by atoms with Gasteiger partial charge in [0.25, 0.3) is 5.56 Å². The largest absolute Gasteiger partial charge is 0.474 e. The van der Waals surface area contributed by atoms with Gasteiger partial charge < -0.3 is 9.72 Å². The molecule has 0 aliphatic heterocycles. The molecule has 1 aromatic heterocycles. The third kappa shape index (κ3) is 3.82. The Morgan fingerprint density at radius 1 is 1.47 bits per heavy atom. The second-order valence-corrected chi connectivity index (χ2v) is 6.54. The van der Waals surface area contributed by atoms with Crippen molar-refractivity contribution in [3.8, 4) is 5.88 Å². The number of hydrogen-bond acceptors (Lipinski definition) is 3. The molecule has 0 amide bonds. The van der Waals surface area contributed by atoms with Crippen molar-refractivity contribution in [3.63, 3.8) is 0 Å². The molecule has 2 unspecified atom stereocenters. The van der Waals surface area contributed by atoms with E-state index < -0.39 is 0 Å². The second kappa shape index (κ2) is 5.35. The number of rotatable bonds is 3. The zero-order chi connectivity index (χ0) is 14.0. The van der Waals surface area contributed by atoms with Crippen LogP contribution >= 0.6 is 0 Å². The van der Waals surface area contributed by atoms with Crippen molar-refractivity contribution in [2.45, 2.75) is 59.5 Å². The van der Waals surface area contributed by atoms with Crippen LogP contribution < -0.4 is 10.3 Å². The monoisotopic (exact) mass is 264 g/mol. The highest BCUT2D eigenvalue weighted by molar-refractivity contribution is 5.09. The maximum absolute atomic E-state index is 11.5. The zero-order valence-electron chi connectivity index (χ0n) is 12.3. The summed E-state index contributed by atoms with van der Waals surface area (Å²) in [6.07, 6.45) is 4.17. The molecule has 106 valence electrons. The van der Waals surface area contributed by atoms with Gasteiger partial charge in [0, 0.05) is 6.42 Å². The topological polar surface area (TPSA) is 55.0 Å². The van der Waals surface area contributed by atoms with Crippen molar-refractivity contribution in [1.29, 1.82) is 0 Å². The number of aromatic amines is 1. The molecule has 4 heteroatoms. The quantitative estimate of drug-likeness (QED) is 0.913. The molecule has 19 heavy (non-hydrogen) atoms. The second-order valence-electron chi connectivity index (χ2n) is 6.54. The van der Waals surface area contributed by atoms with Crippen LogP contribution in [0.15, 0.2) is 10.9 Å². The van der Waals surface area contributed by atoms with Crippen LogP contribution in [0.3, 0.4) is 0 Å². The third-order valence-corrected chi connectivity index (χ3v) is 3.74. The van der Waals surface area contributed by atoms with Gasteiger partial charge in [-0.1, -0.05) is 27.7 Å². The highest BCUT2D eigenvalue weighted by atomic mass is 16.5. The minimum absolute atomic E-state index is 0.134. The molecule has 0 spiro atoms. The van der Waals surface area contributed by atoms with Gasteiger partial charge in [-0.15, -0.1) is 0 Å². The van der Waals surface area contributed by atoms with E-state index in [1.807, 2.05) is 6.92 Å². The maximum Gasteiger partial charge on any atom is 0.254 e. The summed E-state index contributed by atoms with van der Waals surface area (Å²) in [5.74, 6) is 1.81. The summed E-state index contributed by atoms with van der Waals surface area (Å²) in [6.45, 7) is 8.79. The van der Waals surface area contributed by atoms with Gasteiger partial charge in [-0.25, -0.2) is 4.98 Å². The van der Waals surface area contributed by atoms with E-state index in [-0.39, 0.29) is 11.7 Å². The molecule has 0 aromatic carbocycles. The highest BCUT2D eigenvalue weighted by Gasteiger charge is 2.33. The van der Waals surface area contributed by atoms with E-state index >= 15 is 0 Å². The number of H-pyrrole nitrogens is 1. The molecule has 2 rings (SSSR count).